The Balaban J connectivity index is 0. The van der Waals surface area contributed by atoms with Crippen molar-refractivity contribution < 1.29 is 50.9 Å². The van der Waals surface area contributed by atoms with Crippen LogP contribution in [0.3, 0.4) is 0 Å². The standard InChI is InChI=1S/C9H20N2O.2C2HF3O2/c1-9(10)3-5-11(6-4-9)7-8-12-2;2*3-2(4,5)1(6)7/h3-8,10H2,1-2H3;2*(H,6,7). The number of nitrogens with zero attached hydrogens (tertiary/aromatic N) is 1. The number of piperidine rings is 1. The lowest BCUT2D eigenvalue weighted by Gasteiger charge is -2.36. The Morgan fingerprint density at radius 2 is 1.35 bits per heavy atom. The van der Waals surface area contributed by atoms with E-state index in [9.17, 15) is 26.3 Å². The molecule has 0 unspecified atom stereocenters. The van der Waals surface area contributed by atoms with Gasteiger partial charge in [0.1, 0.15) is 0 Å². The van der Waals surface area contributed by atoms with Crippen LogP contribution in [0.1, 0.15) is 19.8 Å². The molecule has 0 saturated carbocycles. The van der Waals surface area contributed by atoms with E-state index >= 15 is 0 Å². The fraction of sp³-hybridized carbons (Fsp3) is 0.846. The zero-order chi connectivity index (χ0) is 21.2. The summed E-state index contributed by atoms with van der Waals surface area (Å²) in [6.07, 6.45) is -7.95. The number of hydrogen-bond acceptors (Lipinski definition) is 5. The molecule has 13 heteroatoms. The molecule has 26 heavy (non-hydrogen) atoms. The molecule has 0 aromatic rings. The van der Waals surface area contributed by atoms with Crippen molar-refractivity contribution >= 4 is 11.9 Å². The molecular formula is C13H22F6N2O5. The predicted molar refractivity (Wildman–Crippen MR) is 77.5 cm³/mol. The Hall–Kier alpha value is -1.60. The summed E-state index contributed by atoms with van der Waals surface area (Å²) in [5.74, 6) is -5.51. The molecule has 0 spiro atoms. The molecule has 7 nitrogen and oxygen atoms in total. The van der Waals surface area contributed by atoms with Crippen molar-refractivity contribution in [1.82, 2.24) is 4.90 Å². The molecule has 0 aliphatic carbocycles. The van der Waals surface area contributed by atoms with Crippen LogP contribution < -0.4 is 5.73 Å². The number of ether oxygens (including phenoxy) is 1. The van der Waals surface area contributed by atoms with E-state index in [-0.39, 0.29) is 5.54 Å². The van der Waals surface area contributed by atoms with Crippen LogP contribution in [0.4, 0.5) is 26.3 Å². The van der Waals surface area contributed by atoms with Gasteiger partial charge in [-0.2, -0.15) is 26.3 Å². The molecule has 1 aliphatic heterocycles. The predicted octanol–water partition coefficient (Wildman–Crippen LogP) is 1.71. The minimum absolute atomic E-state index is 0.0730. The highest BCUT2D eigenvalue weighted by Crippen LogP contribution is 2.18. The maximum absolute atomic E-state index is 10.6. The van der Waals surface area contributed by atoms with E-state index in [0.29, 0.717) is 0 Å². The fourth-order valence-electron chi connectivity index (χ4n) is 1.51. The van der Waals surface area contributed by atoms with Crippen LogP contribution in [-0.2, 0) is 14.3 Å². The molecule has 4 N–H and O–H groups in total. The second-order valence-electron chi connectivity index (χ2n) is 5.59. The molecule has 0 aromatic carbocycles. The highest BCUT2D eigenvalue weighted by molar-refractivity contribution is 5.73. The number of carboxylic acid groups (broad SMARTS) is 2. The average Bonchev–Trinajstić information content (AvgIpc) is 2.45. The first-order chi connectivity index (χ1) is 11.5. The lowest BCUT2D eigenvalue weighted by atomic mass is 9.91. The molecule has 1 fully saturated rings. The van der Waals surface area contributed by atoms with Gasteiger partial charge in [-0.15, -0.1) is 0 Å². The van der Waals surface area contributed by atoms with E-state index in [1.807, 2.05) is 0 Å². The van der Waals surface area contributed by atoms with Crippen LogP contribution in [0.2, 0.25) is 0 Å². The van der Waals surface area contributed by atoms with Crippen molar-refractivity contribution in [2.24, 2.45) is 5.73 Å². The van der Waals surface area contributed by atoms with Crippen LogP contribution >= 0.6 is 0 Å². The van der Waals surface area contributed by atoms with E-state index in [2.05, 4.69) is 11.8 Å². The van der Waals surface area contributed by atoms with Crippen molar-refractivity contribution in [2.45, 2.75) is 37.7 Å². The number of carboxylic acids is 2. The van der Waals surface area contributed by atoms with Gasteiger partial charge < -0.3 is 25.6 Å². The van der Waals surface area contributed by atoms with Crippen molar-refractivity contribution in [2.75, 3.05) is 33.4 Å². The lowest BCUT2D eigenvalue weighted by Crippen LogP contribution is -2.48. The molecule has 1 heterocycles. The molecule has 0 amide bonds. The van der Waals surface area contributed by atoms with Crippen molar-refractivity contribution in [3.05, 3.63) is 0 Å². The van der Waals surface area contributed by atoms with Crippen LogP contribution in [0.15, 0.2) is 0 Å². The minimum Gasteiger partial charge on any atom is -0.475 e. The average molecular weight is 400 g/mol. The molecule has 1 rings (SSSR count). The first-order valence-electron chi connectivity index (χ1n) is 7.13. The number of halogens is 6. The summed E-state index contributed by atoms with van der Waals surface area (Å²) in [7, 11) is 1.75. The molecule has 1 saturated heterocycles. The molecule has 0 atom stereocenters. The summed E-state index contributed by atoms with van der Waals surface area (Å²) in [5, 5.41) is 14.2. The Kier molecular flexibility index (Phi) is 11.5. The topological polar surface area (TPSA) is 113 Å². The van der Waals surface area contributed by atoms with Gasteiger partial charge in [-0.05, 0) is 32.9 Å². The van der Waals surface area contributed by atoms with Gasteiger partial charge in [0, 0.05) is 19.2 Å². The third-order valence-corrected chi connectivity index (χ3v) is 3.09. The monoisotopic (exact) mass is 400 g/mol. The third kappa shape index (κ3) is 14.7. The molecule has 0 radical (unpaired) electrons. The van der Waals surface area contributed by atoms with Crippen molar-refractivity contribution in [1.29, 1.82) is 0 Å². The first-order valence-corrected chi connectivity index (χ1v) is 7.13. The maximum Gasteiger partial charge on any atom is 0.490 e. The number of alkyl halides is 6. The Morgan fingerprint density at radius 1 is 1.04 bits per heavy atom. The van der Waals surface area contributed by atoms with E-state index in [0.717, 1.165) is 39.1 Å². The van der Waals surface area contributed by atoms with Gasteiger partial charge in [-0.3, -0.25) is 0 Å². The van der Waals surface area contributed by atoms with Gasteiger partial charge in [0.25, 0.3) is 0 Å². The third-order valence-electron chi connectivity index (χ3n) is 3.09. The van der Waals surface area contributed by atoms with Gasteiger partial charge in [0.2, 0.25) is 0 Å². The largest absolute Gasteiger partial charge is 0.490 e. The van der Waals surface area contributed by atoms with E-state index in [1.54, 1.807) is 7.11 Å². The van der Waals surface area contributed by atoms with Crippen LogP contribution in [0.25, 0.3) is 0 Å². The summed E-state index contributed by atoms with van der Waals surface area (Å²) < 4.78 is 68.5. The molecule has 1 aliphatic rings. The lowest BCUT2D eigenvalue weighted by molar-refractivity contribution is -0.193. The maximum atomic E-state index is 10.6. The molecule has 156 valence electrons. The number of methoxy groups -OCH3 is 1. The van der Waals surface area contributed by atoms with Gasteiger partial charge in [0.15, 0.2) is 0 Å². The Morgan fingerprint density at radius 3 is 1.58 bits per heavy atom. The number of aliphatic carboxylic acids is 2. The van der Waals surface area contributed by atoms with Crippen molar-refractivity contribution in [3.63, 3.8) is 0 Å². The number of hydrogen-bond donors (Lipinski definition) is 3. The molecule has 0 bridgehead atoms. The number of nitrogens with two attached hydrogens (primary N) is 1. The SMILES string of the molecule is COCCN1CCC(C)(N)CC1.O=C(O)C(F)(F)F.O=C(O)C(F)(F)F. The summed E-state index contributed by atoms with van der Waals surface area (Å²) >= 11 is 0. The zero-order valence-electron chi connectivity index (χ0n) is 14.2. The first kappa shape index (κ1) is 26.6. The second-order valence-corrected chi connectivity index (χ2v) is 5.59. The highest BCUT2D eigenvalue weighted by Gasteiger charge is 2.38. The second kappa shape index (κ2) is 11.2. The summed E-state index contributed by atoms with van der Waals surface area (Å²) in [6.45, 7) is 6.27. The Bertz CT molecular complexity index is 406. The number of rotatable bonds is 3. The van der Waals surface area contributed by atoms with Crippen LogP contribution in [0.5, 0.6) is 0 Å². The number of carbonyl (C=O) groups is 2. The quantitative estimate of drug-likeness (QED) is 0.618. The van der Waals surface area contributed by atoms with Crippen LogP contribution in [0, 0.1) is 0 Å². The zero-order valence-corrected chi connectivity index (χ0v) is 14.2. The number of likely N-dealkylation sites (tertiary alicyclic amines) is 1. The van der Waals surface area contributed by atoms with Gasteiger partial charge in [0.05, 0.1) is 6.61 Å². The van der Waals surface area contributed by atoms with Gasteiger partial charge >= 0.3 is 24.3 Å². The van der Waals surface area contributed by atoms with E-state index < -0.39 is 24.3 Å². The van der Waals surface area contributed by atoms with Crippen molar-refractivity contribution in [3.8, 4) is 0 Å². The smallest absolute Gasteiger partial charge is 0.475 e. The van der Waals surface area contributed by atoms with E-state index in [4.69, 9.17) is 30.3 Å². The fourth-order valence-corrected chi connectivity index (χ4v) is 1.51. The van der Waals surface area contributed by atoms with Gasteiger partial charge in [-0.1, -0.05) is 0 Å². The normalized spacial score (nSPS) is 17.3. The Labute approximate surface area is 145 Å². The molecular weight excluding hydrogens is 378 g/mol. The molecule has 0 aromatic heterocycles. The van der Waals surface area contributed by atoms with Gasteiger partial charge in [-0.25, -0.2) is 9.59 Å². The summed E-state index contributed by atoms with van der Waals surface area (Å²) in [4.78, 5) is 20.2. The van der Waals surface area contributed by atoms with E-state index in [1.165, 1.54) is 0 Å². The van der Waals surface area contributed by atoms with Crippen LogP contribution in [-0.4, -0.2) is 78.3 Å². The summed E-state index contributed by atoms with van der Waals surface area (Å²) in [6, 6.07) is 0. The minimum atomic E-state index is -5.08. The highest BCUT2D eigenvalue weighted by atomic mass is 19.4. The summed E-state index contributed by atoms with van der Waals surface area (Å²) in [5.41, 5.74) is 6.08.